The van der Waals surface area contributed by atoms with E-state index < -0.39 is 23.8 Å². The minimum atomic E-state index is -0.976. The molecule has 1 unspecified atom stereocenters. The molecule has 24 heavy (non-hydrogen) atoms. The van der Waals surface area contributed by atoms with E-state index in [1.807, 2.05) is 0 Å². The fourth-order valence-electron chi connectivity index (χ4n) is 2.91. The number of hydrogen-bond donors (Lipinski definition) is 2. The topological polar surface area (TPSA) is 98.2 Å². The summed E-state index contributed by atoms with van der Waals surface area (Å²) in [7, 11) is 0. The number of carbonyl (C=O) groups excluding carboxylic acids is 3. The van der Waals surface area contributed by atoms with Crippen LogP contribution >= 0.6 is 0 Å². The molecule has 1 aromatic carbocycles. The van der Waals surface area contributed by atoms with Gasteiger partial charge in [0, 0.05) is 13.1 Å². The Bertz CT molecular complexity index is 603. The summed E-state index contributed by atoms with van der Waals surface area (Å²) in [5, 5.41) is 18.2. The number of aliphatic hydroxyl groups is 2. The van der Waals surface area contributed by atoms with E-state index in [1.165, 1.54) is 4.90 Å². The second-order valence-corrected chi connectivity index (χ2v) is 5.99. The molecule has 0 bridgehead atoms. The molecule has 1 aliphatic rings. The Morgan fingerprint density at radius 2 is 1.50 bits per heavy atom. The Morgan fingerprint density at radius 1 is 1.04 bits per heavy atom. The molecule has 1 aromatic rings. The minimum Gasteiger partial charge on any atom is -0.395 e. The van der Waals surface area contributed by atoms with Gasteiger partial charge in [-0.25, -0.2) is 0 Å². The summed E-state index contributed by atoms with van der Waals surface area (Å²) in [6, 6.07) is 5.50. The number of benzene rings is 1. The third-order valence-corrected chi connectivity index (χ3v) is 4.04. The van der Waals surface area contributed by atoms with Gasteiger partial charge >= 0.3 is 0 Å². The quantitative estimate of drug-likeness (QED) is 0.690. The monoisotopic (exact) mass is 334 g/mol. The number of fused-ring (bicyclic) bond motifs is 1. The van der Waals surface area contributed by atoms with Gasteiger partial charge in [0.25, 0.3) is 11.8 Å². The number of aliphatic hydroxyl groups excluding tert-OH is 2. The number of rotatable bonds is 7. The average molecular weight is 334 g/mol. The van der Waals surface area contributed by atoms with Gasteiger partial charge in [-0.05, 0) is 18.1 Å². The molecule has 0 saturated heterocycles. The number of imide groups is 1. The van der Waals surface area contributed by atoms with E-state index >= 15 is 0 Å². The molecule has 0 radical (unpaired) electrons. The zero-order valence-electron chi connectivity index (χ0n) is 13.8. The SMILES string of the molecule is CC(C)C(C(=O)N(CCO)CCO)N1C(=O)c2ccccc2C1=O. The van der Waals surface area contributed by atoms with Crippen molar-refractivity contribution in [2.75, 3.05) is 26.3 Å². The second kappa shape index (κ2) is 7.55. The first-order valence-electron chi connectivity index (χ1n) is 7.91. The largest absolute Gasteiger partial charge is 0.395 e. The van der Waals surface area contributed by atoms with Gasteiger partial charge in [-0.1, -0.05) is 26.0 Å². The highest BCUT2D eigenvalue weighted by atomic mass is 16.3. The van der Waals surface area contributed by atoms with Gasteiger partial charge in [-0.15, -0.1) is 0 Å². The molecule has 1 heterocycles. The summed E-state index contributed by atoms with van der Waals surface area (Å²) < 4.78 is 0. The van der Waals surface area contributed by atoms with E-state index in [-0.39, 0.29) is 43.3 Å². The predicted octanol–water partition coefficient (Wildman–Crippen LogP) is 0.120. The molecule has 1 atom stereocenters. The second-order valence-electron chi connectivity index (χ2n) is 5.99. The molecule has 130 valence electrons. The van der Waals surface area contributed by atoms with Crippen LogP contribution in [0.25, 0.3) is 0 Å². The maximum absolute atomic E-state index is 12.9. The summed E-state index contributed by atoms with van der Waals surface area (Å²) in [4.78, 5) is 40.4. The van der Waals surface area contributed by atoms with Crippen LogP contribution in [-0.4, -0.2) is 70.1 Å². The number of amides is 3. The van der Waals surface area contributed by atoms with Gasteiger partial charge < -0.3 is 15.1 Å². The molecule has 2 rings (SSSR count). The van der Waals surface area contributed by atoms with Gasteiger partial charge in [0.2, 0.25) is 5.91 Å². The van der Waals surface area contributed by atoms with Crippen LogP contribution in [-0.2, 0) is 4.79 Å². The number of hydrogen-bond acceptors (Lipinski definition) is 5. The highest BCUT2D eigenvalue weighted by Crippen LogP contribution is 2.28. The van der Waals surface area contributed by atoms with Gasteiger partial charge in [0.05, 0.1) is 24.3 Å². The summed E-state index contributed by atoms with van der Waals surface area (Å²) in [5.41, 5.74) is 0.577. The first kappa shape index (κ1) is 18.1. The van der Waals surface area contributed by atoms with E-state index in [4.69, 9.17) is 10.2 Å². The van der Waals surface area contributed by atoms with Crippen LogP contribution in [0.1, 0.15) is 34.6 Å². The van der Waals surface area contributed by atoms with Gasteiger partial charge in [-0.3, -0.25) is 19.3 Å². The summed E-state index contributed by atoms with van der Waals surface area (Å²) in [6.07, 6.45) is 0. The predicted molar refractivity (Wildman–Crippen MR) is 86.3 cm³/mol. The Labute approximate surface area is 140 Å². The highest BCUT2D eigenvalue weighted by molar-refractivity contribution is 6.22. The van der Waals surface area contributed by atoms with E-state index in [1.54, 1.807) is 38.1 Å². The Hall–Kier alpha value is -2.25. The lowest BCUT2D eigenvalue weighted by Gasteiger charge is -2.33. The van der Waals surface area contributed by atoms with Crippen molar-refractivity contribution in [3.05, 3.63) is 35.4 Å². The molecular formula is C17H22N2O5. The fraction of sp³-hybridized carbons (Fsp3) is 0.471. The van der Waals surface area contributed by atoms with Crippen molar-refractivity contribution in [2.45, 2.75) is 19.9 Å². The molecular weight excluding hydrogens is 312 g/mol. The molecule has 2 N–H and O–H groups in total. The molecule has 0 fully saturated rings. The third kappa shape index (κ3) is 3.18. The van der Waals surface area contributed by atoms with E-state index in [9.17, 15) is 14.4 Å². The van der Waals surface area contributed by atoms with E-state index in [2.05, 4.69) is 0 Å². The van der Waals surface area contributed by atoms with Crippen molar-refractivity contribution in [3.63, 3.8) is 0 Å². The van der Waals surface area contributed by atoms with Gasteiger partial charge in [0.1, 0.15) is 6.04 Å². The maximum Gasteiger partial charge on any atom is 0.262 e. The average Bonchev–Trinajstić information content (AvgIpc) is 2.80. The van der Waals surface area contributed by atoms with Crippen molar-refractivity contribution < 1.29 is 24.6 Å². The lowest BCUT2D eigenvalue weighted by molar-refractivity contribution is -0.137. The normalized spacial score (nSPS) is 15.0. The fourth-order valence-corrected chi connectivity index (χ4v) is 2.91. The van der Waals surface area contributed by atoms with Crippen LogP contribution in [0.5, 0.6) is 0 Å². The standard InChI is InChI=1S/C17H22N2O5/c1-11(2)14(17(24)18(7-9-20)8-10-21)19-15(22)12-5-3-4-6-13(12)16(19)23/h3-6,11,14,20-21H,7-10H2,1-2H3. The van der Waals surface area contributed by atoms with Crippen molar-refractivity contribution >= 4 is 17.7 Å². The molecule has 7 heteroatoms. The number of nitrogens with zero attached hydrogens (tertiary/aromatic N) is 2. The molecule has 0 saturated carbocycles. The van der Waals surface area contributed by atoms with Gasteiger partial charge in [0.15, 0.2) is 0 Å². The number of carbonyl (C=O) groups is 3. The molecule has 7 nitrogen and oxygen atoms in total. The van der Waals surface area contributed by atoms with Crippen LogP contribution in [0, 0.1) is 5.92 Å². The highest BCUT2D eigenvalue weighted by Gasteiger charge is 2.44. The Morgan fingerprint density at radius 3 is 1.88 bits per heavy atom. The lowest BCUT2D eigenvalue weighted by atomic mass is 10.0. The molecule has 0 aliphatic carbocycles. The lowest BCUT2D eigenvalue weighted by Crippen LogP contribution is -2.54. The van der Waals surface area contributed by atoms with E-state index in [0.717, 1.165) is 4.90 Å². The zero-order chi connectivity index (χ0) is 17.9. The van der Waals surface area contributed by atoms with Crippen LogP contribution in [0.2, 0.25) is 0 Å². The van der Waals surface area contributed by atoms with Gasteiger partial charge in [-0.2, -0.15) is 0 Å². The Kier molecular flexibility index (Phi) is 5.69. The van der Waals surface area contributed by atoms with Crippen LogP contribution in [0.15, 0.2) is 24.3 Å². The van der Waals surface area contributed by atoms with Crippen LogP contribution in [0.4, 0.5) is 0 Å². The van der Waals surface area contributed by atoms with Crippen molar-refractivity contribution in [1.29, 1.82) is 0 Å². The van der Waals surface area contributed by atoms with Crippen molar-refractivity contribution in [3.8, 4) is 0 Å². The van der Waals surface area contributed by atoms with Crippen molar-refractivity contribution in [2.24, 2.45) is 5.92 Å². The summed E-state index contributed by atoms with van der Waals surface area (Å²) >= 11 is 0. The Balaban J connectivity index is 2.37. The molecule has 0 aromatic heterocycles. The smallest absolute Gasteiger partial charge is 0.262 e. The third-order valence-electron chi connectivity index (χ3n) is 4.04. The van der Waals surface area contributed by atoms with Crippen molar-refractivity contribution in [1.82, 2.24) is 9.80 Å². The maximum atomic E-state index is 12.9. The zero-order valence-corrected chi connectivity index (χ0v) is 13.8. The molecule has 0 spiro atoms. The first-order valence-corrected chi connectivity index (χ1v) is 7.91. The summed E-state index contributed by atoms with van der Waals surface area (Å²) in [5.74, 6) is -1.74. The van der Waals surface area contributed by atoms with Crippen LogP contribution < -0.4 is 0 Å². The molecule has 1 aliphatic heterocycles. The first-order chi connectivity index (χ1) is 11.4. The van der Waals surface area contributed by atoms with E-state index in [0.29, 0.717) is 0 Å². The minimum absolute atomic E-state index is 0.0335. The summed E-state index contributed by atoms with van der Waals surface area (Å²) in [6.45, 7) is 3.04. The molecule has 3 amide bonds. The van der Waals surface area contributed by atoms with Crippen LogP contribution in [0.3, 0.4) is 0 Å².